The second-order valence-corrected chi connectivity index (χ2v) is 6.49. The van der Waals surface area contributed by atoms with Crippen LogP contribution in [0.5, 0.6) is 0 Å². The summed E-state index contributed by atoms with van der Waals surface area (Å²) < 4.78 is 0. The molecule has 1 aromatic rings. The van der Waals surface area contributed by atoms with Crippen LogP contribution < -0.4 is 21.7 Å². The van der Waals surface area contributed by atoms with Crippen molar-refractivity contribution in [3.8, 4) is 0 Å². The van der Waals surface area contributed by atoms with Crippen molar-refractivity contribution < 1.29 is 9.59 Å². The van der Waals surface area contributed by atoms with Gasteiger partial charge < -0.3 is 21.7 Å². The highest BCUT2D eigenvalue weighted by atomic mass is 16.2. The van der Waals surface area contributed by atoms with E-state index in [2.05, 4.69) is 22.5 Å². The first-order chi connectivity index (χ1) is 11.4. The van der Waals surface area contributed by atoms with E-state index in [4.69, 9.17) is 5.73 Å². The summed E-state index contributed by atoms with van der Waals surface area (Å²) in [7, 11) is 0. The summed E-state index contributed by atoms with van der Waals surface area (Å²) in [5.41, 5.74) is 7.16. The van der Waals surface area contributed by atoms with Crippen LogP contribution in [-0.4, -0.2) is 24.0 Å². The van der Waals surface area contributed by atoms with Gasteiger partial charge in [0.25, 0.3) is 0 Å². The number of amides is 3. The van der Waals surface area contributed by atoms with E-state index < -0.39 is 5.54 Å². The van der Waals surface area contributed by atoms with Gasteiger partial charge in [-0.2, -0.15) is 0 Å². The third kappa shape index (κ3) is 4.83. The molecule has 1 aliphatic carbocycles. The Balaban J connectivity index is 1.92. The molecule has 0 radical (unpaired) electrons. The summed E-state index contributed by atoms with van der Waals surface area (Å²) in [6.45, 7) is 5.89. The van der Waals surface area contributed by atoms with Gasteiger partial charge in [0.05, 0.1) is 5.92 Å². The zero-order valence-corrected chi connectivity index (χ0v) is 14.1. The summed E-state index contributed by atoms with van der Waals surface area (Å²) in [6, 6.07) is 6.71. The topological polar surface area (TPSA) is 96.2 Å². The van der Waals surface area contributed by atoms with Crippen molar-refractivity contribution in [2.24, 2.45) is 11.7 Å². The van der Waals surface area contributed by atoms with Crippen molar-refractivity contribution in [1.29, 1.82) is 0 Å². The van der Waals surface area contributed by atoms with Crippen LogP contribution in [0.4, 0.5) is 16.2 Å². The highest BCUT2D eigenvalue weighted by Crippen LogP contribution is 2.32. The molecule has 6 nitrogen and oxygen atoms in total. The quantitative estimate of drug-likeness (QED) is 0.625. The molecule has 6 heteroatoms. The summed E-state index contributed by atoms with van der Waals surface area (Å²) in [5.74, 6) is -0.210. The molecule has 1 aromatic carbocycles. The molecule has 0 bridgehead atoms. The lowest BCUT2D eigenvalue weighted by Gasteiger charge is -2.37. The van der Waals surface area contributed by atoms with Gasteiger partial charge in [0.2, 0.25) is 5.91 Å². The van der Waals surface area contributed by atoms with Crippen molar-refractivity contribution >= 4 is 23.3 Å². The molecule has 0 aliphatic heterocycles. The SMILES string of the molecule is C=CCNC(=O)Nc1ccc(NC(=O)C2CCCCC2(C)N)cc1. The van der Waals surface area contributed by atoms with E-state index in [0.29, 0.717) is 17.9 Å². The van der Waals surface area contributed by atoms with E-state index in [1.807, 2.05) is 6.92 Å². The molecule has 2 atom stereocenters. The predicted octanol–water partition coefficient (Wildman–Crippen LogP) is 2.84. The van der Waals surface area contributed by atoms with Crippen molar-refractivity contribution in [3.63, 3.8) is 0 Å². The average molecular weight is 330 g/mol. The number of benzene rings is 1. The Kier molecular flexibility index (Phi) is 5.98. The van der Waals surface area contributed by atoms with Gasteiger partial charge in [0.1, 0.15) is 0 Å². The molecule has 1 fully saturated rings. The fourth-order valence-corrected chi connectivity index (χ4v) is 3.00. The summed E-state index contributed by atoms with van der Waals surface area (Å²) in [4.78, 5) is 24.0. The number of nitrogens with one attached hydrogen (secondary N) is 3. The predicted molar refractivity (Wildman–Crippen MR) is 96.8 cm³/mol. The molecule has 3 amide bonds. The van der Waals surface area contributed by atoms with E-state index in [-0.39, 0.29) is 17.9 Å². The minimum absolute atomic E-state index is 0.0378. The smallest absolute Gasteiger partial charge is 0.319 e. The van der Waals surface area contributed by atoms with Crippen LogP contribution in [-0.2, 0) is 4.79 Å². The number of urea groups is 1. The number of carbonyl (C=O) groups is 2. The van der Waals surface area contributed by atoms with E-state index in [1.165, 1.54) is 0 Å². The highest BCUT2D eigenvalue weighted by Gasteiger charge is 2.37. The van der Waals surface area contributed by atoms with E-state index in [1.54, 1.807) is 30.3 Å². The van der Waals surface area contributed by atoms with Crippen molar-refractivity contribution in [2.75, 3.05) is 17.2 Å². The Morgan fingerprint density at radius 3 is 2.46 bits per heavy atom. The van der Waals surface area contributed by atoms with Crippen LogP contribution in [0.3, 0.4) is 0 Å². The molecule has 1 saturated carbocycles. The Hall–Kier alpha value is -2.34. The zero-order valence-electron chi connectivity index (χ0n) is 14.1. The van der Waals surface area contributed by atoms with Crippen molar-refractivity contribution in [2.45, 2.75) is 38.1 Å². The fraction of sp³-hybridized carbons (Fsp3) is 0.444. The number of nitrogens with two attached hydrogens (primary N) is 1. The van der Waals surface area contributed by atoms with Crippen LogP contribution in [0.25, 0.3) is 0 Å². The van der Waals surface area contributed by atoms with Gasteiger partial charge >= 0.3 is 6.03 Å². The molecule has 2 unspecified atom stereocenters. The molecule has 0 heterocycles. The number of anilines is 2. The first-order valence-corrected chi connectivity index (χ1v) is 8.28. The third-order valence-corrected chi connectivity index (χ3v) is 4.39. The van der Waals surface area contributed by atoms with E-state index in [0.717, 1.165) is 25.7 Å². The Morgan fingerprint density at radius 2 is 1.88 bits per heavy atom. The van der Waals surface area contributed by atoms with Gasteiger partial charge in [-0.1, -0.05) is 18.9 Å². The van der Waals surface area contributed by atoms with Crippen LogP contribution >= 0.6 is 0 Å². The third-order valence-electron chi connectivity index (χ3n) is 4.39. The second-order valence-electron chi connectivity index (χ2n) is 6.49. The standard InChI is InChI=1S/C18H26N4O2/c1-3-12-20-17(24)22-14-9-7-13(8-10-14)21-16(23)15-6-4-5-11-18(15,2)19/h3,7-10,15H,1,4-6,11-12,19H2,2H3,(H,21,23)(H2,20,22,24). The van der Waals surface area contributed by atoms with E-state index in [9.17, 15) is 9.59 Å². The van der Waals surface area contributed by atoms with Crippen molar-refractivity contribution in [3.05, 3.63) is 36.9 Å². The second kappa shape index (κ2) is 7.97. The van der Waals surface area contributed by atoms with Gasteiger partial charge in [-0.25, -0.2) is 4.79 Å². The zero-order chi connectivity index (χ0) is 17.6. The molecule has 2 rings (SSSR count). The maximum absolute atomic E-state index is 12.5. The normalized spacial score (nSPS) is 23.2. The Morgan fingerprint density at radius 1 is 1.25 bits per heavy atom. The lowest BCUT2D eigenvalue weighted by Crippen LogP contribution is -2.51. The maximum atomic E-state index is 12.5. The number of rotatable bonds is 5. The summed E-state index contributed by atoms with van der Waals surface area (Å²) in [5, 5.41) is 8.25. The Labute approximate surface area is 142 Å². The first kappa shape index (κ1) is 18.0. The number of hydrogen-bond donors (Lipinski definition) is 4. The molecule has 0 saturated heterocycles. The summed E-state index contributed by atoms with van der Waals surface area (Å²) in [6.07, 6.45) is 5.41. The van der Waals surface area contributed by atoms with E-state index >= 15 is 0 Å². The molecule has 24 heavy (non-hydrogen) atoms. The molecule has 5 N–H and O–H groups in total. The number of carbonyl (C=O) groups excluding carboxylic acids is 2. The minimum atomic E-state index is -0.451. The van der Waals surface area contributed by atoms with Crippen LogP contribution in [0.15, 0.2) is 36.9 Å². The maximum Gasteiger partial charge on any atom is 0.319 e. The number of hydrogen-bond acceptors (Lipinski definition) is 3. The molecular weight excluding hydrogens is 304 g/mol. The first-order valence-electron chi connectivity index (χ1n) is 8.28. The van der Waals surface area contributed by atoms with Gasteiger partial charge in [-0.05, 0) is 44.0 Å². The minimum Gasteiger partial charge on any atom is -0.334 e. The van der Waals surface area contributed by atoms with Gasteiger partial charge in [-0.3, -0.25) is 4.79 Å². The van der Waals surface area contributed by atoms with Gasteiger partial charge in [0.15, 0.2) is 0 Å². The average Bonchev–Trinajstić information content (AvgIpc) is 2.54. The van der Waals surface area contributed by atoms with Crippen LogP contribution in [0, 0.1) is 5.92 Å². The Bertz CT molecular complexity index is 596. The van der Waals surface area contributed by atoms with Gasteiger partial charge in [-0.15, -0.1) is 6.58 Å². The monoisotopic (exact) mass is 330 g/mol. The summed E-state index contributed by atoms with van der Waals surface area (Å²) >= 11 is 0. The largest absolute Gasteiger partial charge is 0.334 e. The van der Waals surface area contributed by atoms with Crippen molar-refractivity contribution in [1.82, 2.24) is 5.32 Å². The molecule has 0 aromatic heterocycles. The van der Waals surface area contributed by atoms with Crippen LogP contribution in [0.2, 0.25) is 0 Å². The highest BCUT2D eigenvalue weighted by molar-refractivity contribution is 5.94. The lowest BCUT2D eigenvalue weighted by molar-refractivity contribution is -0.122. The molecular formula is C18H26N4O2. The van der Waals surface area contributed by atoms with Crippen LogP contribution in [0.1, 0.15) is 32.6 Å². The lowest BCUT2D eigenvalue weighted by atomic mass is 9.74. The van der Waals surface area contributed by atoms with Gasteiger partial charge in [0, 0.05) is 23.5 Å². The molecule has 0 spiro atoms. The molecule has 1 aliphatic rings. The fourth-order valence-electron chi connectivity index (χ4n) is 3.00. The molecule has 130 valence electrons.